The Hall–Kier alpha value is -2.38. The molecule has 2 aliphatic heterocycles. The third-order valence-electron chi connectivity index (χ3n) is 4.11. The predicted octanol–water partition coefficient (Wildman–Crippen LogP) is -1.17. The number of rotatable bonds is 3. The molecule has 1 unspecified atom stereocenters. The third-order valence-corrected chi connectivity index (χ3v) is 4.11. The number of hydrogen-bond donors (Lipinski definition) is 2. The summed E-state index contributed by atoms with van der Waals surface area (Å²) in [5.41, 5.74) is 0.518. The van der Waals surface area contributed by atoms with E-state index in [1.165, 1.54) is 6.20 Å². The maximum atomic E-state index is 12.0. The van der Waals surface area contributed by atoms with E-state index in [9.17, 15) is 14.4 Å². The molecule has 1 atom stereocenters. The van der Waals surface area contributed by atoms with E-state index in [1.54, 1.807) is 23.0 Å². The van der Waals surface area contributed by atoms with Crippen molar-refractivity contribution in [3.8, 4) is 0 Å². The summed E-state index contributed by atoms with van der Waals surface area (Å²) in [5.74, 6) is -0.476. The molecule has 0 spiro atoms. The zero-order valence-electron chi connectivity index (χ0n) is 11.7. The topological polar surface area (TPSA) is 98.4 Å². The molecular weight excluding hydrogens is 274 g/mol. The highest BCUT2D eigenvalue weighted by Gasteiger charge is 2.43. The number of carbonyl (C=O) groups excluding carboxylic acids is 3. The molecule has 0 aliphatic carbocycles. The van der Waals surface area contributed by atoms with Gasteiger partial charge in [-0.1, -0.05) is 0 Å². The van der Waals surface area contributed by atoms with Gasteiger partial charge in [0.25, 0.3) is 5.91 Å². The normalized spacial score (nSPS) is 22.3. The van der Waals surface area contributed by atoms with Crippen LogP contribution in [-0.4, -0.2) is 70.4 Å². The zero-order valence-corrected chi connectivity index (χ0v) is 11.7. The molecule has 3 amide bonds. The highest BCUT2D eigenvalue weighted by Crippen LogP contribution is 2.25. The lowest BCUT2D eigenvalue weighted by molar-refractivity contribution is -0.132. The van der Waals surface area contributed by atoms with Crippen LogP contribution in [-0.2, 0) is 9.59 Å². The molecule has 3 rings (SSSR count). The minimum absolute atomic E-state index is 0.0102. The van der Waals surface area contributed by atoms with Gasteiger partial charge in [0.05, 0.1) is 23.7 Å². The second-order valence-corrected chi connectivity index (χ2v) is 5.41. The Kier molecular flexibility index (Phi) is 3.36. The molecule has 112 valence electrons. The molecule has 2 aliphatic rings. The molecule has 0 radical (unpaired) electrons. The molecule has 1 aromatic heterocycles. The van der Waals surface area contributed by atoms with E-state index in [0.29, 0.717) is 25.2 Å². The van der Waals surface area contributed by atoms with Gasteiger partial charge in [-0.25, -0.2) is 0 Å². The van der Waals surface area contributed by atoms with Gasteiger partial charge in [0, 0.05) is 39.3 Å². The summed E-state index contributed by atoms with van der Waals surface area (Å²) in [7, 11) is 1.57. The summed E-state index contributed by atoms with van der Waals surface area (Å²) in [6, 6.07) is 0.0167. The van der Waals surface area contributed by atoms with Gasteiger partial charge in [0.2, 0.25) is 11.8 Å². The summed E-state index contributed by atoms with van der Waals surface area (Å²) >= 11 is 0. The average Bonchev–Trinajstić information content (AvgIpc) is 3.06. The van der Waals surface area contributed by atoms with Crippen molar-refractivity contribution in [2.75, 3.05) is 26.7 Å². The predicted molar refractivity (Wildman–Crippen MR) is 72.2 cm³/mol. The lowest BCUT2D eigenvalue weighted by Crippen LogP contribution is -2.61. The minimum atomic E-state index is -0.277. The number of aromatic nitrogens is 2. The van der Waals surface area contributed by atoms with Crippen molar-refractivity contribution in [2.24, 2.45) is 5.92 Å². The molecule has 2 N–H and O–H groups in total. The largest absolute Gasteiger partial charge is 0.359 e. The maximum Gasteiger partial charge on any atom is 0.257 e. The Bertz CT molecular complexity index is 564. The van der Waals surface area contributed by atoms with Crippen LogP contribution in [0.1, 0.15) is 16.8 Å². The fourth-order valence-corrected chi connectivity index (χ4v) is 2.83. The maximum absolute atomic E-state index is 12.0. The SMILES string of the molecule is CNC(=O)C1CC(=O)N(C2CN(C(=O)c3cn[nH]c3)C2)C1. The van der Waals surface area contributed by atoms with E-state index in [4.69, 9.17) is 0 Å². The van der Waals surface area contributed by atoms with Crippen molar-refractivity contribution in [1.82, 2.24) is 25.3 Å². The molecule has 3 heterocycles. The fraction of sp³-hybridized carbons (Fsp3) is 0.538. The second-order valence-electron chi connectivity index (χ2n) is 5.41. The van der Waals surface area contributed by atoms with Gasteiger partial charge in [-0.2, -0.15) is 5.10 Å². The van der Waals surface area contributed by atoms with Gasteiger partial charge in [0.1, 0.15) is 0 Å². The van der Waals surface area contributed by atoms with Crippen LogP contribution in [0.25, 0.3) is 0 Å². The molecule has 8 heteroatoms. The van der Waals surface area contributed by atoms with Crippen LogP contribution in [0.15, 0.2) is 12.4 Å². The molecule has 0 saturated carbocycles. The highest BCUT2D eigenvalue weighted by atomic mass is 16.2. The molecular formula is C13H17N5O3. The van der Waals surface area contributed by atoms with Crippen molar-refractivity contribution >= 4 is 17.7 Å². The average molecular weight is 291 g/mol. The van der Waals surface area contributed by atoms with Crippen LogP contribution in [0.5, 0.6) is 0 Å². The van der Waals surface area contributed by atoms with E-state index in [-0.39, 0.29) is 36.1 Å². The number of H-pyrrole nitrogens is 1. The Labute approximate surface area is 121 Å². The van der Waals surface area contributed by atoms with Crippen molar-refractivity contribution in [1.29, 1.82) is 0 Å². The monoisotopic (exact) mass is 291 g/mol. The Morgan fingerprint density at radius 3 is 2.76 bits per heavy atom. The van der Waals surface area contributed by atoms with E-state index < -0.39 is 0 Å². The van der Waals surface area contributed by atoms with Crippen molar-refractivity contribution in [3.63, 3.8) is 0 Å². The number of amides is 3. The van der Waals surface area contributed by atoms with Gasteiger partial charge in [-0.05, 0) is 0 Å². The lowest BCUT2D eigenvalue weighted by atomic mass is 10.1. The molecule has 2 saturated heterocycles. The van der Waals surface area contributed by atoms with Gasteiger partial charge in [-0.3, -0.25) is 19.5 Å². The first-order valence-electron chi connectivity index (χ1n) is 6.89. The van der Waals surface area contributed by atoms with E-state index >= 15 is 0 Å². The minimum Gasteiger partial charge on any atom is -0.359 e. The summed E-state index contributed by atoms with van der Waals surface area (Å²) in [6.07, 6.45) is 3.29. The highest BCUT2D eigenvalue weighted by molar-refractivity contribution is 5.94. The summed E-state index contributed by atoms with van der Waals surface area (Å²) < 4.78 is 0. The van der Waals surface area contributed by atoms with Crippen LogP contribution in [0.2, 0.25) is 0 Å². The van der Waals surface area contributed by atoms with Crippen molar-refractivity contribution in [3.05, 3.63) is 18.0 Å². The molecule has 21 heavy (non-hydrogen) atoms. The van der Waals surface area contributed by atoms with Gasteiger partial charge >= 0.3 is 0 Å². The van der Waals surface area contributed by atoms with Crippen LogP contribution < -0.4 is 5.32 Å². The van der Waals surface area contributed by atoms with E-state index in [2.05, 4.69) is 15.5 Å². The van der Waals surface area contributed by atoms with Crippen molar-refractivity contribution < 1.29 is 14.4 Å². The number of aromatic amines is 1. The van der Waals surface area contributed by atoms with Crippen LogP contribution in [0.3, 0.4) is 0 Å². The van der Waals surface area contributed by atoms with Gasteiger partial charge < -0.3 is 15.1 Å². The first-order valence-corrected chi connectivity index (χ1v) is 6.89. The van der Waals surface area contributed by atoms with E-state index in [0.717, 1.165) is 0 Å². The molecule has 0 bridgehead atoms. The number of likely N-dealkylation sites (tertiary alicyclic amines) is 2. The summed E-state index contributed by atoms with van der Waals surface area (Å²) in [4.78, 5) is 39.0. The van der Waals surface area contributed by atoms with Crippen LogP contribution in [0.4, 0.5) is 0 Å². The third kappa shape index (κ3) is 2.37. The van der Waals surface area contributed by atoms with Gasteiger partial charge in [-0.15, -0.1) is 0 Å². The first-order chi connectivity index (χ1) is 10.1. The number of nitrogens with zero attached hydrogens (tertiary/aromatic N) is 3. The Morgan fingerprint density at radius 2 is 2.14 bits per heavy atom. The summed E-state index contributed by atoms with van der Waals surface area (Å²) in [6.45, 7) is 1.46. The smallest absolute Gasteiger partial charge is 0.257 e. The van der Waals surface area contributed by atoms with Crippen molar-refractivity contribution in [2.45, 2.75) is 12.5 Å². The Morgan fingerprint density at radius 1 is 1.38 bits per heavy atom. The van der Waals surface area contributed by atoms with Gasteiger partial charge in [0.15, 0.2) is 0 Å². The molecule has 0 aromatic carbocycles. The van der Waals surface area contributed by atoms with Crippen LogP contribution in [0, 0.1) is 5.92 Å². The van der Waals surface area contributed by atoms with E-state index in [1.807, 2.05) is 0 Å². The number of hydrogen-bond acceptors (Lipinski definition) is 4. The number of carbonyl (C=O) groups is 3. The molecule has 1 aromatic rings. The summed E-state index contributed by atoms with van der Waals surface area (Å²) in [5, 5.41) is 8.93. The molecule has 8 nitrogen and oxygen atoms in total. The number of nitrogens with one attached hydrogen (secondary N) is 2. The Balaban J connectivity index is 1.56. The standard InChI is InChI=1S/C13H17N5O3/c1-14-12(20)8-2-11(19)18(5-8)10-6-17(7-10)13(21)9-3-15-16-4-9/h3-4,8,10H,2,5-7H2,1H3,(H,14,20)(H,15,16). The quantitative estimate of drug-likeness (QED) is 0.733. The van der Waals surface area contributed by atoms with Crippen LogP contribution >= 0.6 is 0 Å². The molecule has 2 fully saturated rings. The fourth-order valence-electron chi connectivity index (χ4n) is 2.83. The second kappa shape index (κ2) is 5.19. The first kappa shape index (κ1) is 13.6. The zero-order chi connectivity index (χ0) is 15.0. The lowest BCUT2D eigenvalue weighted by Gasteiger charge is -2.43.